The lowest BCUT2D eigenvalue weighted by atomic mass is 10.1. The molecule has 1 aromatic rings. The van der Waals surface area contributed by atoms with E-state index in [1.165, 1.54) is 0 Å². The van der Waals surface area contributed by atoms with Gasteiger partial charge in [-0.05, 0) is 25.7 Å². The lowest BCUT2D eigenvalue weighted by Gasteiger charge is -2.24. The Balaban J connectivity index is 2.32. The molecule has 2 N–H and O–H groups in total. The minimum atomic E-state index is -0.0143. The maximum atomic E-state index is 11.9. The van der Waals surface area contributed by atoms with Crippen molar-refractivity contribution in [1.82, 2.24) is 14.7 Å². The standard InChI is InChI=1S/C14H23ClN4O/c1-9(2)8-19-14(15)13(10(3)17-19)11-5-4-6-18(11)12(20)7-16/h9,11H,4-8,16H2,1-3H3. The maximum Gasteiger partial charge on any atom is 0.236 e. The molecule has 1 unspecified atom stereocenters. The second-order valence-corrected chi connectivity index (χ2v) is 6.17. The highest BCUT2D eigenvalue weighted by Crippen LogP contribution is 2.37. The Hall–Kier alpha value is -1.07. The van der Waals surface area contributed by atoms with E-state index in [-0.39, 0.29) is 18.5 Å². The number of carbonyl (C=O) groups excluding carboxylic acids is 1. The van der Waals surface area contributed by atoms with E-state index in [0.717, 1.165) is 37.2 Å². The molecule has 0 bridgehead atoms. The van der Waals surface area contributed by atoms with Crippen molar-refractivity contribution in [2.45, 2.75) is 46.2 Å². The third-order valence-electron chi connectivity index (χ3n) is 3.73. The fourth-order valence-electron chi connectivity index (χ4n) is 2.90. The molecule has 1 aliphatic heterocycles. The summed E-state index contributed by atoms with van der Waals surface area (Å²) in [5.74, 6) is 0.463. The van der Waals surface area contributed by atoms with Crippen molar-refractivity contribution < 1.29 is 4.79 Å². The van der Waals surface area contributed by atoms with E-state index >= 15 is 0 Å². The van der Waals surface area contributed by atoms with Crippen molar-refractivity contribution in [2.75, 3.05) is 13.1 Å². The molecule has 0 spiro atoms. The van der Waals surface area contributed by atoms with Crippen LogP contribution in [-0.4, -0.2) is 33.7 Å². The number of rotatable bonds is 4. The van der Waals surface area contributed by atoms with Crippen molar-refractivity contribution in [2.24, 2.45) is 11.7 Å². The zero-order chi connectivity index (χ0) is 14.9. The zero-order valence-corrected chi connectivity index (χ0v) is 13.2. The fraction of sp³-hybridized carbons (Fsp3) is 0.714. The van der Waals surface area contributed by atoms with Crippen LogP contribution in [0.4, 0.5) is 0 Å². The van der Waals surface area contributed by atoms with Gasteiger partial charge in [-0.3, -0.25) is 9.48 Å². The van der Waals surface area contributed by atoms with Gasteiger partial charge in [-0.15, -0.1) is 0 Å². The number of hydrogen-bond donors (Lipinski definition) is 1. The van der Waals surface area contributed by atoms with Gasteiger partial charge in [-0.25, -0.2) is 0 Å². The van der Waals surface area contributed by atoms with Crippen LogP contribution in [0.3, 0.4) is 0 Å². The lowest BCUT2D eigenvalue weighted by molar-refractivity contribution is -0.130. The molecule has 1 atom stereocenters. The lowest BCUT2D eigenvalue weighted by Crippen LogP contribution is -2.35. The number of halogens is 1. The molecule has 1 saturated heterocycles. The van der Waals surface area contributed by atoms with Gasteiger partial charge in [0.05, 0.1) is 18.3 Å². The average molecular weight is 299 g/mol. The van der Waals surface area contributed by atoms with Gasteiger partial charge in [0.15, 0.2) is 0 Å². The Morgan fingerprint density at radius 1 is 1.55 bits per heavy atom. The SMILES string of the molecule is Cc1nn(CC(C)C)c(Cl)c1C1CCCN1C(=O)CN. The molecule has 1 fully saturated rings. The minimum Gasteiger partial charge on any atom is -0.334 e. The quantitative estimate of drug-likeness (QED) is 0.926. The molecule has 20 heavy (non-hydrogen) atoms. The van der Waals surface area contributed by atoms with Gasteiger partial charge in [0, 0.05) is 18.7 Å². The molecule has 2 heterocycles. The number of likely N-dealkylation sites (tertiary alicyclic amines) is 1. The number of aryl methyl sites for hydroxylation is 1. The Kier molecular flexibility index (Phi) is 4.70. The van der Waals surface area contributed by atoms with Gasteiger partial charge in [0.25, 0.3) is 0 Å². The van der Waals surface area contributed by atoms with E-state index in [1.54, 1.807) is 0 Å². The molecule has 0 saturated carbocycles. The fourth-order valence-corrected chi connectivity index (χ4v) is 3.26. The van der Waals surface area contributed by atoms with Crippen molar-refractivity contribution >= 4 is 17.5 Å². The number of amides is 1. The first kappa shape index (κ1) is 15.3. The number of hydrogen-bond acceptors (Lipinski definition) is 3. The molecule has 0 radical (unpaired) electrons. The van der Waals surface area contributed by atoms with Crippen LogP contribution >= 0.6 is 11.6 Å². The second-order valence-electron chi connectivity index (χ2n) is 5.82. The van der Waals surface area contributed by atoms with E-state index in [9.17, 15) is 4.79 Å². The van der Waals surface area contributed by atoms with Crippen molar-refractivity contribution in [3.63, 3.8) is 0 Å². The average Bonchev–Trinajstić information content (AvgIpc) is 2.94. The van der Waals surface area contributed by atoms with E-state index < -0.39 is 0 Å². The van der Waals surface area contributed by atoms with Gasteiger partial charge in [0.1, 0.15) is 5.15 Å². The van der Waals surface area contributed by atoms with Crippen molar-refractivity contribution in [3.8, 4) is 0 Å². The van der Waals surface area contributed by atoms with Crippen molar-refractivity contribution in [1.29, 1.82) is 0 Å². The Morgan fingerprint density at radius 3 is 2.85 bits per heavy atom. The zero-order valence-electron chi connectivity index (χ0n) is 12.4. The Morgan fingerprint density at radius 2 is 2.25 bits per heavy atom. The van der Waals surface area contributed by atoms with Gasteiger partial charge < -0.3 is 10.6 Å². The summed E-state index contributed by atoms with van der Waals surface area (Å²) in [5, 5.41) is 5.19. The summed E-state index contributed by atoms with van der Waals surface area (Å²) in [6, 6.07) is 0.0273. The first-order valence-corrected chi connectivity index (χ1v) is 7.55. The molecule has 0 aliphatic carbocycles. The first-order chi connectivity index (χ1) is 9.45. The highest BCUT2D eigenvalue weighted by atomic mass is 35.5. The van der Waals surface area contributed by atoms with Crippen LogP contribution in [0.5, 0.6) is 0 Å². The van der Waals surface area contributed by atoms with Crippen LogP contribution in [-0.2, 0) is 11.3 Å². The molecule has 1 amide bonds. The van der Waals surface area contributed by atoms with E-state index in [1.807, 2.05) is 16.5 Å². The van der Waals surface area contributed by atoms with Crippen LogP contribution in [0, 0.1) is 12.8 Å². The highest BCUT2D eigenvalue weighted by molar-refractivity contribution is 6.30. The molecule has 1 aliphatic rings. The van der Waals surface area contributed by atoms with Crippen molar-refractivity contribution in [3.05, 3.63) is 16.4 Å². The Labute approximate surface area is 125 Å². The smallest absolute Gasteiger partial charge is 0.236 e. The summed E-state index contributed by atoms with van der Waals surface area (Å²) in [7, 11) is 0. The Bertz CT molecular complexity index is 498. The van der Waals surface area contributed by atoms with Gasteiger partial charge in [-0.1, -0.05) is 25.4 Å². The molecule has 5 nitrogen and oxygen atoms in total. The predicted molar refractivity (Wildman–Crippen MR) is 79.6 cm³/mol. The van der Waals surface area contributed by atoms with E-state index in [4.69, 9.17) is 17.3 Å². The summed E-state index contributed by atoms with van der Waals surface area (Å²) < 4.78 is 1.85. The normalized spacial score (nSPS) is 19.1. The summed E-state index contributed by atoms with van der Waals surface area (Å²) in [5.41, 5.74) is 7.40. The number of carbonyl (C=O) groups is 1. The third-order valence-corrected chi connectivity index (χ3v) is 4.13. The molecule has 6 heteroatoms. The van der Waals surface area contributed by atoms with E-state index in [2.05, 4.69) is 18.9 Å². The van der Waals surface area contributed by atoms with Gasteiger partial charge in [-0.2, -0.15) is 5.10 Å². The van der Waals surface area contributed by atoms with E-state index in [0.29, 0.717) is 11.1 Å². The molecular formula is C14H23ClN4O. The topological polar surface area (TPSA) is 64.2 Å². The largest absolute Gasteiger partial charge is 0.334 e. The van der Waals surface area contributed by atoms with Crippen LogP contribution in [0.15, 0.2) is 0 Å². The molecule has 0 aromatic carbocycles. The van der Waals surface area contributed by atoms with Crippen LogP contribution in [0.25, 0.3) is 0 Å². The van der Waals surface area contributed by atoms with Gasteiger partial charge >= 0.3 is 0 Å². The van der Waals surface area contributed by atoms with Gasteiger partial charge in [0.2, 0.25) is 5.91 Å². The van der Waals surface area contributed by atoms with Crippen LogP contribution in [0.2, 0.25) is 5.15 Å². The third kappa shape index (κ3) is 2.83. The summed E-state index contributed by atoms with van der Waals surface area (Å²) in [6.07, 6.45) is 1.92. The maximum absolute atomic E-state index is 11.9. The molecular weight excluding hydrogens is 276 g/mol. The predicted octanol–water partition coefficient (Wildman–Crippen LogP) is 2.12. The monoisotopic (exact) mass is 298 g/mol. The molecule has 2 rings (SSSR count). The summed E-state index contributed by atoms with van der Waals surface area (Å²) in [6.45, 7) is 7.82. The number of nitrogens with two attached hydrogens (primary N) is 1. The highest BCUT2D eigenvalue weighted by Gasteiger charge is 2.33. The molecule has 112 valence electrons. The molecule has 1 aromatic heterocycles. The second kappa shape index (κ2) is 6.14. The summed E-state index contributed by atoms with van der Waals surface area (Å²) >= 11 is 6.50. The number of nitrogens with zero attached hydrogens (tertiary/aromatic N) is 3. The first-order valence-electron chi connectivity index (χ1n) is 7.18. The van der Waals surface area contributed by atoms with Crippen LogP contribution < -0.4 is 5.73 Å². The minimum absolute atomic E-state index is 0.0143. The number of aromatic nitrogens is 2. The van der Waals surface area contributed by atoms with Crippen LogP contribution in [0.1, 0.15) is 44.0 Å². The summed E-state index contributed by atoms with van der Waals surface area (Å²) in [4.78, 5) is 13.8.